The topological polar surface area (TPSA) is 71.1 Å². The summed E-state index contributed by atoms with van der Waals surface area (Å²) < 4.78 is 25.8. The molecular formula is C24H42O6Si. The van der Waals surface area contributed by atoms with Crippen LogP contribution in [0.2, 0.25) is 18.1 Å². The maximum Gasteiger partial charge on any atom is 0.316 e. The second kappa shape index (κ2) is 8.23. The van der Waals surface area contributed by atoms with Crippen LogP contribution in [0.15, 0.2) is 0 Å². The third-order valence-electron chi connectivity index (χ3n) is 8.13. The third kappa shape index (κ3) is 4.40. The minimum atomic E-state index is -2.18. The number of carbonyl (C=O) groups is 2. The maximum absolute atomic E-state index is 13.6. The van der Waals surface area contributed by atoms with Gasteiger partial charge in [0, 0.05) is 18.8 Å². The van der Waals surface area contributed by atoms with Crippen molar-refractivity contribution in [2.24, 2.45) is 11.8 Å². The molecule has 178 valence electrons. The van der Waals surface area contributed by atoms with E-state index in [1.165, 1.54) is 0 Å². The highest BCUT2D eigenvalue weighted by Gasteiger charge is 2.63. The summed E-state index contributed by atoms with van der Waals surface area (Å²) >= 11 is 0. The van der Waals surface area contributed by atoms with E-state index in [4.69, 9.17) is 18.6 Å². The van der Waals surface area contributed by atoms with Crippen LogP contribution in [0.3, 0.4) is 0 Å². The van der Waals surface area contributed by atoms with Gasteiger partial charge in [0.1, 0.15) is 18.1 Å². The summed E-state index contributed by atoms with van der Waals surface area (Å²) in [6.45, 7) is 18.3. The summed E-state index contributed by atoms with van der Waals surface area (Å²) in [5.74, 6) is -2.59. The molecule has 7 heteroatoms. The number of fused-ring (bicyclic) bond motifs is 1. The molecule has 2 aliphatic heterocycles. The van der Waals surface area contributed by atoms with Crippen molar-refractivity contribution >= 4 is 20.1 Å². The summed E-state index contributed by atoms with van der Waals surface area (Å²) in [5.41, 5.74) is -1.20. The summed E-state index contributed by atoms with van der Waals surface area (Å²) in [7, 11) is -2.18. The first kappa shape index (κ1) is 24.9. The number of hydrogen-bond donors (Lipinski definition) is 0. The lowest BCUT2D eigenvalue weighted by Gasteiger charge is -2.44. The molecule has 0 N–H and O–H groups in total. The molecule has 6 atom stereocenters. The second-order valence-corrected chi connectivity index (χ2v) is 16.4. The van der Waals surface area contributed by atoms with Gasteiger partial charge in [0.2, 0.25) is 0 Å². The Morgan fingerprint density at radius 3 is 2.16 bits per heavy atom. The van der Waals surface area contributed by atoms with Crippen LogP contribution in [0.25, 0.3) is 0 Å². The lowest BCUT2D eigenvalue weighted by atomic mass is 9.79. The Hall–Kier alpha value is -0.763. The van der Waals surface area contributed by atoms with E-state index in [1.54, 1.807) is 6.92 Å². The van der Waals surface area contributed by atoms with Gasteiger partial charge in [0.25, 0.3) is 0 Å². The average molecular weight is 455 g/mol. The van der Waals surface area contributed by atoms with Crippen molar-refractivity contribution in [3.8, 4) is 0 Å². The Balaban J connectivity index is 2.04. The Morgan fingerprint density at radius 2 is 1.61 bits per heavy atom. The minimum absolute atomic E-state index is 0.00107. The molecule has 3 aliphatic rings. The van der Waals surface area contributed by atoms with E-state index in [1.807, 2.05) is 13.8 Å². The molecule has 0 radical (unpaired) electrons. The lowest BCUT2D eigenvalue weighted by Crippen LogP contribution is -2.55. The van der Waals surface area contributed by atoms with E-state index >= 15 is 0 Å². The van der Waals surface area contributed by atoms with Crippen LogP contribution in [-0.4, -0.2) is 49.8 Å². The molecule has 0 aromatic rings. The zero-order valence-electron chi connectivity index (χ0n) is 20.9. The highest BCUT2D eigenvalue weighted by atomic mass is 28.4. The number of cyclic esters (lactones) is 1. The number of esters is 1. The van der Waals surface area contributed by atoms with Crippen LogP contribution in [0.5, 0.6) is 0 Å². The van der Waals surface area contributed by atoms with Crippen molar-refractivity contribution in [1.82, 2.24) is 0 Å². The number of carbonyl (C=O) groups excluding carboxylic acids is 2. The van der Waals surface area contributed by atoms with Crippen LogP contribution in [0, 0.1) is 11.8 Å². The molecule has 0 aromatic carbocycles. The van der Waals surface area contributed by atoms with Gasteiger partial charge in [-0.2, -0.15) is 0 Å². The zero-order chi connectivity index (χ0) is 23.4. The van der Waals surface area contributed by atoms with E-state index in [0.717, 1.165) is 32.1 Å². The summed E-state index contributed by atoms with van der Waals surface area (Å²) in [6.07, 6.45) is 3.38. The van der Waals surface area contributed by atoms with Crippen LogP contribution >= 0.6 is 0 Å². The molecule has 3 fully saturated rings. The SMILES string of the molecule is C[C@@H]1C(=O)O[C@H](C)[C@@H](O[Si](C)(C)C(C)(C)C)[C@H](C)[C@H]2OC3(CCCCC3)O[C@]2(C)C1=O. The van der Waals surface area contributed by atoms with Gasteiger partial charge in [0.15, 0.2) is 25.5 Å². The van der Waals surface area contributed by atoms with Gasteiger partial charge >= 0.3 is 5.97 Å². The summed E-state index contributed by atoms with van der Waals surface area (Å²) in [4.78, 5) is 26.4. The number of ketones is 1. The van der Waals surface area contributed by atoms with Crippen LogP contribution in [0.4, 0.5) is 0 Å². The third-order valence-corrected chi connectivity index (χ3v) is 12.6. The quantitative estimate of drug-likeness (QED) is 0.332. The van der Waals surface area contributed by atoms with E-state index in [-0.39, 0.29) is 22.8 Å². The number of hydrogen-bond acceptors (Lipinski definition) is 6. The van der Waals surface area contributed by atoms with Crippen molar-refractivity contribution < 1.29 is 28.2 Å². The summed E-state index contributed by atoms with van der Waals surface area (Å²) in [6, 6.07) is 0. The predicted octanol–water partition coefficient (Wildman–Crippen LogP) is 5.00. The Morgan fingerprint density at radius 1 is 1.03 bits per heavy atom. The molecule has 0 bridgehead atoms. The minimum Gasteiger partial charge on any atom is -0.459 e. The van der Waals surface area contributed by atoms with Crippen molar-refractivity contribution in [1.29, 1.82) is 0 Å². The van der Waals surface area contributed by atoms with Crippen LogP contribution in [0.1, 0.15) is 80.6 Å². The maximum atomic E-state index is 13.6. The van der Waals surface area contributed by atoms with Gasteiger partial charge in [0.05, 0.1) is 6.10 Å². The van der Waals surface area contributed by atoms with Crippen molar-refractivity contribution in [3.05, 3.63) is 0 Å². The highest BCUT2D eigenvalue weighted by molar-refractivity contribution is 6.74. The number of ether oxygens (including phenoxy) is 3. The van der Waals surface area contributed by atoms with Crippen LogP contribution < -0.4 is 0 Å². The molecule has 6 nitrogen and oxygen atoms in total. The fraction of sp³-hybridized carbons (Fsp3) is 0.917. The molecule has 1 aliphatic carbocycles. The van der Waals surface area contributed by atoms with Crippen molar-refractivity contribution in [2.45, 2.75) is 128 Å². The van der Waals surface area contributed by atoms with Gasteiger partial charge in [-0.1, -0.05) is 34.1 Å². The molecule has 3 rings (SSSR count). The normalized spacial score (nSPS) is 39.5. The largest absolute Gasteiger partial charge is 0.459 e. The predicted molar refractivity (Wildman–Crippen MR) is 121 cm³/mol. The first-order valence-corrected chi connectivity index (χ1v) is 14.8. The fourth-order valence-corrected chi connectivity index (χ4v) is 6.57. The molecule has 0 unspecified atom stereocenters. The molecule has 1 saturated carbocycles. The molecule has 0 amide bonds. The standard InChI is InChI=1S/C24H42O6Si/c1-15-18(29-31(8,9)22(4,5)6)17(3)27-21(26)16(2)19(25)23(7)20(15)28-24(30-23)13-11-10-12-14-24/h15-18,20H,10-14H2,1-9H3/t15-,16-,17+,18-,20+,23+/m0/s1. The van der Waals surface area contributed by atoms with Gasteiger partial charge in [-0.05, 0) is 51.7 Å². The Labute approximate surface area is 188 Å². The lowest BCUT2D eigenvalue weighted by molar-refractivity contribution is -0.211. The molecular weight excluding hydrogens is 412 g/mol. The molecule has 0 aromatic heterocycles. The monoisotopic (exact) mass is 454 g/mol. The fourth-order valence-electron chi connectivity index (χ4n) is 5.13. The Bertz CT molecular complexity index is 707. The van der Waals surface area contributed by atoms with Gasteiger partial charge in [-0.15, -0.1) is 0 Å². The number of Topliss-reactive ketones (excluding diaryl/α,β-unsaturated/α-hetero) is 1. The van der Waals surface area contributed by atoms with Crippen LogP contribution in [-0.2, 0) is 28.2 Å². The first-order chi connectivity index (χ1) is 14.1. The van der Waals surface area contributed by atoms with Crippen molar-refractivity contribution in [3.63, 3.8) is 0 Å². The summed E-state index contributed by atoms with van der Waals surface area (Å²) in [5, 5.41) is -0.00107. The van der Waals surface area contributed by atoms with Crippen molar-refractivity contribution in [2.75, 3.05) is 0 Å². The highest BCUT2D eigenvalue weighted by Crippen LogP contribution is 2.50. The zero-order valence-corrected chi connectivity index (χ0v) is 21.9. The number of rotatable bonds is 2. The van der Waals surface area contributed by atoms with E-state index < -0.39 is 43.8 Å². The smallest absolute Gasteiger partial charge is 0.316 e. The van der Waals surface area contributed by atoms with Gasteiger partial charge in [-0.25, -0.2) is 0 Å². The van der Waals surface area contributed by atoms with Gasteiger partial charge in [-0.3, -0.25) is 9.59 Å². The van der Waals surface area contributed by atoms with Gasteiger partial charge < -0.3 is 18.6 Å². The molecule has 2 saturated heterocycles. The second-order valence-electron chi connectivity index (χ2n) is 11.6. The average Bonchev–Trinajstić information content (AvgIpc) is 2.96. The van der Waals surface area contributed by atoms with E-state index in [0.29, 0.717) is 0 Å². The van der Waals surface area contributed by atoms with E-state index in [9.17, 15) is 9.59 Å². The molecule has 2 heterocycles. The first-order valence-electron chi connectivity index (χ1n) is 11.9. The molecule has 31 heavy (non-hydrogen) atoms. The Kier molecular flexibility index (Phi) is 6.60. The van der Waals surface area contributed by atoms with E-state index in [2.05, 4.69) is 40.8 Å². The molecule has 1 spiro atoms.